The molecule has 1 amide bonds. The summed E-state index contributed by atoms with van der Waals surface area (Å²) in [4.78, 5) is 28.1. The molecule has 0 spiro atoms. The highest BCUT2D eigenvalue weighted by Gasteiger charge is 2.52. The Kier molecular flexibility index (Phi) is 4.74. The fourth-order valence-corrected chi connectivity index (χ4v) is 5.49. The van der Waals surface area contributed by atoms with Gasteiger partial charge in [0, 0.05) is 23.4 Å². The maximum absolute atomic E-state index is 13.0. The third-order valence-corrected chi connectivity index (χ3v) is 6.96. The number of nitrogens with one attached hydrogen (secondary N) is 1. The SMILES string of the molecule is Cc1ccccc1C[NH+]1CCN(C(=O)[C@@H]2[C@@H]3CC[C@H](C3)[C@@H]2C(=O)[O-])CC1. The minimum atomic E-state index is -1.01. The summed E-state index contributed by atoms with van der Waals surface area (Å²) in [6, 6.07) is 8.47. The molecule has 4 atom stereocenters. The van der Waals surface area contributed by atoms with Crippen LogP contribution in [0.1, 0.15) is 30.4 Å². The van der Waals surface area contributed by atoms with Crippen molar-refractivity contribution in [2.75, 3.05) is 26.2 Å². The van der Waals surface area contributed by atoms with E-state index in [1.54, 1.807) is 0 Å². The van der Waals surface area contributed by atoms with Gasteiger partial charge in [0.1, 0.15) is 6.54 Å². The number of aliphatic carboxylic acids is 1. The fraction of sp³-hybridized carbons (Fsp3) is 0.619. The van der Waals surface area contributed by atoms with Crippen LogP contribution in [0.5, 0.6) is 0 Å². The number of amides is 1. The van der Waals surface area contributed by atoms with Crippen LogP contribution in [0.15, 0.2) is 24.3 Å². The Morgan fingerprint density at radius 1 is 1.12 bits per heavy atom. The predicted molar refractivity (Wildman–Crippen MR) is 95.0 cm³/mol. The van der Waals surface area contributed by atoms with Gasteiger partial charge in [0.15, 0.2) is 0 Å². The summed E-state index contributed by atoms with van der Waals surface area (Å²) in [6.07, 6.45) is 2.85. The summed E-state index contributed by atoms with van der Waals surface area (Å²) < 4.78 is 0. The predicted octanol–water partition coefficient (Wildman–Crippen LogP) is -0.366. The summed E-state index contributed by atoms with van der Waals surface area (Å²) in [5.41, 5.74) is 2.68. The molecule has 1 saturated heterocycles. The molecular weight excluding hydrogens is 328 g/mol. The number of benzene rings is 1. The number of hydrogen-bond donors (Lipinski definition) is 1. The van der Waals surface area contributed by atoms with Crippen molar-refractivity contribution in [3.63, 3.8) is 0 Å². The summed E-state index contributed by atoms with van der Waals surface area (Å²) in [5.74, 6) is -1.42. The van der Waals surface area contributed by atoms with Gasteiger partial charge in [-0.1, -0.05) is 24.3 Å². The summed E-state index contributed by atoms with van der Waals surface area (Å²) >= 11 is 0. The van der Waals surface area contributed by atoms with E-state index in [1.807, 2.05) is 4.90 Å². The Bertz CT molecular complexity index is 696. The average molecular weight is 356 g/mol. The van der Waals surface area contributed by atoms with Crippen LogP contribution in [0.25, 0.3) is 0 Å². The number of carbonyl (C=O) groups is 2. The van der Waals surface area contributed by atoms with Gasteiger partial charge >= 0.3 is 0 Å². The fourth-order valence-electron chi connectivity index (χ4n) is 5.49. The van der Waals surface area contributed by atoms with Crippen LogP contribution < -0.4 is 10.0 Å². The van der Waals surface area contributed by atoms with Crippen molar-refractivity contribution in [3.8, 4) is 0 Å². The molecule has 3 aliphatic rings. The van der Waals surface area contributed by atoms with Crippen molar-refractivity contribution in [2.45, 2.75) is 32.7 Å². The van der Waals surface area contributed by atoms with E-state index in [1.165, 1.54) is 16.0 Å². The maximum Gasteiger partial charge on any atom is 0.227 e. The van der Waals surface area contributed by atoms with E-state index in [0.29, 0.717) is 0 Å². The molecule has 1 aromatic carbocycles. The van der Waals surface area contributed by atoms with Gasteiger partial charge in [-0.25, -0.2) is 0 Å². The lowest BCUT2D eigenvalue weighted by molar-refractivity contribution is -0.917. The molecule has 5 heteroatoms. The maximum atomic E-state index is 13.0. The van der Waals surface area contributed by atoms with Gasteiger partial charge in [0.25, 0.3) is 0 Å². The smallest absolute Gasteiger partial charge is 0.227 e. The molecule has 3 fully saturated rings. The molecule has 2 aliphatic carbocycles. The zero-order valence-corrected chi connectivity index (χ0v) is 15.4. The van der Waals surface area contributed by atoms with Crippen LogP contribution in [0, 0.1) is 30.6 Å². The number of aryl methyl sites for hydroxylation is 1. The van der Waals surface area contributed by atoms with Gasteiger partial charge in [0.05, 0.1) is 26.2 Å². The highest BCUT2D eigenvalue weighted by molar-refractivity contribution is 5.85. The van der Waals surface area contributed by atoms with Crippen LogP contribution in [0.2, 0.25) is 0 Å². The first-order chi connectivity index (χ1) is 12.5. The van der Waals surface area contributed by atoms with Gasteiger partial charge in [0.2, 0.25) is 5.91 Å². The lowest BCUT2D eigenvalue weighted by Crippen LogP contribution is -3.13. The molecule has 0 unspecified atom stereocenters. The van der Waals surface area contributed by atoms with Crippen LogP contribution in [0.4, 0.5) is 0 Å². The van der Waals surface area contributed by atoms with Gasteiger partial charge in [-0.2, -0.15) is 0 Å². The van der Waals surface area contributed by atoms with Crippen LogP contribution >= 0.6 is 0 Å². The van der Waals surface area contributed by atoms with Crippen LogP contribution in [-0.4, -0.2) is 43.0 Å². The second-order valence-corrected chi connectivity index (χ2v) is 8.38. The first-order valence-corrected chi connectivity index (χ1v) is 9.92. The molecule has 2 bridgehead atoms. The first-order valence-electron chi connectivity index (χ1n) is 9.92. The van der Waals surface area contributed by atoms with Gasteiger partial charge < -0.3 is 19.7 Å². The number of carboxylic acids is 1. The minimum absolute atomic E-state index is 0.0707. The largest absolute Gasteiger partial charge is 0.550 e. The zero-order chi connectivity index (χ0) is 18.3. The third kappa shape index (κ3) is 3.13. The number of carbonyl (C=O) groups excluding carboxylic acids is 2. The van der Waals surface area contributed by atoms with Crippen molar-refractivity contribution >= 4 is 11.9 Å². The Morgan fingerprint density at radius 2 is 1.77 bits per heavy atom. The molecule has 1 aliphatic heterocycles. The molecule has 1 heterocycles. The Hall–Kier alpha value is -1.88. The van der Waals surface area contributed by atoms with Crippen LogP contribution in [-0.2, 0) is 16.1 Å². The standard InChI is InChI=1S/C21H28N2O3/c1-14-4-2-3-5-17(14)13-22-8-10-23(11-9-22)20(24)18-15-6-7-16(12-15)19(18)21(25)26/h2-5,15-16,18-19H,6-13H2,1H3,(H,25,26)/t15-,16-,18-,19+/m1/s1. The van der Waals surface area contributed by atoms with Gasteiger partial charge in [-0.3, -0.25) is 4.79 Å². The lowest BCUT2D eigenvalue weighted by Gasteiger charge is -2.38. The van der Waals surface area contributed by atoms with Crippen molar-refractivity contribution in [1.82, 2.24) is 4.90 Å². The summed E-state index contributed by atoms with van der Waals surface area (Å²) in [5, 5.41) is 11.6. The number of nitrogens with zero attached hydrogens (tertiary/aromatic N) is 1. The number of rotatable bonds is 4. The average Bonchev–Trinajstić information content (AvgIpc) is 3.25. The number of fused-ring (bicyclic) bond motifs is 2. The number of piperazine rings is 1. The molecule has 140 valence electrons. The first kappa shape index (κ1) is 17.5. The normalized spacial score (nSPS) is 31.3. The summed E-state index contributed by atoms with van der Waals surface area (Å²) in [7, 11) is 0. The topological polar surface area (TPSA) is 64.9 Å². The summed E-state index contributed by atoms with van der Waals surface area (Å²) in [6.45, 7) is 6.45. The van der Waals surface area contributed by atoms with Crippen molar-refractivity contribution < 1.29 is 19.6 Å². The van der Waals surface area contributed by atoms with E-state index in [4.69, 9.17) is 0 Å². The molecule has 4 rings (SSSR count). The van der Waals surface area contributed by atoms with Crippen molar-refractivity contribution in [2.24, 2.45) is 23.7 Å². The molecule has 0 aromatic heterocycles. The Morgan fingerprint density at radius 3 is 2.42 bits per heavy atom. The number of hydrogen-bond acceptors (Lipinski definition) is 3. The number of quaternary nitrogens is 1. The van der Waals surface area contributed by atoms with E-state index < -0.39 is 11.9 Å². The van der Waals surface area contributed by atoms with E-state index >= 15 is 0 Å². The molecule has 5 nitrogen and oxygen atoms in total. The van der Waals surface area contributed by atoms with Crippen LogP contribution in [0.3, 0.4) is 0 Å². The van der Waals surface area contributed by atoms with E-state index in [2.05, 4.69) is 31.2 Å². The highest BCUT2D eigenvalue weighted by Crippen LogP contribution is 2.52. The molecule has 1 aromatic rings. The molecule has 2 saturated carbocycles. The third-order valence-electron chi connectivity index (χ3n) is 6.96. The van der Waals surface area contributed by atoms with E-state index in [-0.39, 0.29) is 23.7 Å². The second-order valence-electron chi connectivity index (χ2n) is 8.38. The van der Waals surface area contributed by atoms with Crippen molar-refractivity contribution in [3.05, 3.63) is 35.4 Å². The molecule has 0 radical (unpaired) electrons. The van der Waals surface area contributed by atoms with E-state index in [0.717, 1.165) is 52.0 Å². The lowest BCUT2D eigenvalue weighted by atomic mass is 9.78. The number of carboxylic acid groups (broad SMARTS) is 1. The van der Waals surface area contributed by atoms with Gasteiger partial charge in [-0.15, -0.1) is 0 Å². The second kappa shape index (κ2) is 7.03. The minimum Gasteiger partial charge on any atom is -0.550 e. The van der Waals surface area contributed by atoms with Gasteiger partial charge in [-0.05, 0) is 43.6 Å². The Balaban J connectivity index is 1.36. The van der Waals surface area contributed by atoms with E-state index in [9.17, 15) is 14.7 Å². The van der Waals surface area contributed by atoms with Crippen molar-refractivity contribution in [1.29, 1.82) is 0 Å². The molecular formula is C21H28N2O3. The Labute approximate surface area is 155 Å². The monoisotopic (exact) mass is 356 g/mol. The molecule has 26 heavy (non-hydrogen) atoms. The molecule has 1 N–H and O–H groups in total. The highest BCUT2D eigenvalue weighted by atomic mass is 16.4. The zero-order valence-electron chi connectivity index (χ0n) is 15.4. The quantitative estimate of drug-likeness (QED) is 0.801.